The van der Waals surface area contributed by atoms with Crippen LogP contribution < -0.4 is 0 Å². The van der Waals surface area contributed by atoms with Crippen molar-refractivity contribution in [1.82, 2.24) is 0 Å². The molecular weight excluding hydrogens is 224 g/mol. The van der Waals surface area contributed by atoms with Gasteiger partial charge in [-0.1, -0.05) is 13.8 Å². The van der Waals surface area contributed by atoms with E-state index in [4.69, 9.17) is 14.2 Å². The first-order valence-electron chi connectivity index (χ1n) is 5.94. The molecule has 0 radical (unpaired) electrons. The van der Waals surface area contributed by atoms with E-state index in [1.165, 1.54) is 13.8 Å². The topological polar surface area (TPSA) is 61.8 Å². The minimum atomic E-state index is -0.528. The smallest absolute Gasteiger partial charge is 0.304 e. The van der Waals surface area contributed by atoms with Crippen molar-refractivity contribution in [2.24, 2.45) is 5.92 Å². The zero-order valence-corrected chi connectivity index (χ0v) is 10.8. The summed E-state index contributed by atoms with van der Waals surface area (Å²) in [7, 11) is 0. The molecule has 0 aromatic rings. The molecule has 1 aliphatic rings. The van der Waals surface area contributed by atoms with E-state index in [-0.39, 0.29) is 30.1 Å². The van der Waals surface area contributed by atoms with Crippen molar-refractivity contribution in [2.75, 3.05) is 0 Å². The van der Waals surface area contributed by atoms with Crippen LogP contribution in [0.5, 0.6) is 0 Å². The van der Waals surface area contributed by atoms with E-state index in [1.54, 1.807) is 0 Å². The third kappa shape index (κ3) is 4.00. The number of carbonyl (C=O) groups is 2. The highest BCUT2D eigenvalue weighted by Gasteiger charge is 2.38. The fraction of sp³-hybridized carbons (Fsp3) is 0.833. The van der Waals surface area contributed by atoms with E-state index < -0.39 is 6.29 Å². The maximum atomic E-state index is 11.0. The molecule has 0 saturated carbocycles. The molecule has 0 aromatic heterocycles. The minimum absolute atomic E-state index is 0.113. The monoisotopic (exact) mass is 244 g/mol. The highest BCUT2D eigenvalue weighted by Crippen LogP contribution is 2.29. The Bertz CT molecular complexity index is 289. The first-order chi connectivity index (χ1) is 7.93. The lowest BCUT2D eigenvalue weighted by Gasteiger charge is -2.38. The molecule has 1 saturated heterocycles. The third-order valence-corrected chi connectivity index (χ3v) is 2.82. The Balaban J connectivity index is 2.65. The Labute approximate surface area is 101 Å². The summed E-state index contributed by atoms with van der Waals surface area (Å²) in [6.45, 7) is 6.66. The first-order valence-corrected chi connectivity index (χ1v) is 5.94. The predicted molar refractivity (Wildman–Crippen MR) is 60.1 cm³/mol. The lowest BCUT2D eigenvalue weighted by molar-refractivity contribution is -0.238. The van der Waals surface area contributed by atoms with Crippen LogP contribution in [0, 0.1) is 5.92 Å². The minimum Gasteiger partial charge on any atom is -0.460 e. The van der Waals surface area contributed by atoms with Crippen molar-refractivity contribution in [1.29, 1.82) is 0 Å². The number of rotatable bonds is 3. The molecule has 5 nitrogen and oxygen atoms in total. The molecule has 0 aliphatic carbocycles. The highest BCUT2D eigenvalue weighted by atomic mass is 16.7. The molecule has 0 amide bonds. The standard InChI is InChI=1S/C12H20O5/c1-5-10-12(16-9(4)14)7(2)6-11(17-10)15-8(3)13/h7,10-12H,5-6H2,1-4H3/t7?,10-,11?,12-/m1/s1. The Morgan fingerprint density at radius 1 is 1.24 bits per heavy atom. The second-order valence-electron chi connectivity index (χ2n) is 4.41. The average Bonchev–Trinajstić information content (AvgIpc) is 2.20. The second kappa shape index (κ2) is 6.00. The van der Waals surface area contributed by atoms with E-state index in [1.807, 2.05) is 13.8 Å². The van der Waals surface area contributed by atoms with Crippen molar-refractivity contribution in [3.63, 3.8) is 0 Å². The molecule has 17 heavy (non-hydrogen) atoms. The Kier molecular flexibility index (Phi) is 4.93. The summed E-state index contributed by atoms with van der Waals surface area (Å²) < 4.78 is 15.9. The van der Waals surface area contributed by atoms with Gasteiger partial charge in [-0.25, -0.2) is 0 Å². The maximum Gasteiger partial charge on any atom is 0.304 e. The van der Waals surface area contributed by atoms with Gasteiger partial charge in [0.15, 0.2) is 0 Å². The van der Waals surface area contributed by atoms with Gasteiger partial charge in [0.25, 0.3) is 0 Å². The normalized spacial score (nSPS) is 32.9. The van der Waals surface area contributed by atoms with Crippen LogP contribution in [-0.4, -0.2) is 30.4 Å². The Hall–Kier alpha value is -1.10. The molecule has 0 N–H and O–H groups in total. The highest BCUT2D eigenvalue weighted by molar-refractivity contribution is 5.66. The van der Waals surface area contributed by atoms with E-state index >= 15 is 0 Å². The summed E-state index contributed by atoms with van der Waals surface area (Å²) in [5, 5.41) is 0. The van der Waals surface area contributed by atoms with Gasteiger partial charge < -0.3 is 14.2 Å². The molecule has 2 unspecified atom stereocenters. The van der Waals surface area contributed by atoms with Crippen molar-refractivity contribution in [2.45, 2.75) is 59.0 Å². The molecule has 0 spiro atoms. The molecule has 98 valence electrons. The van der Waals surface area contributed by atoms with E-state index in [0.29, 0.717) is 12.8 Å². The van der Waals surface area contributed by atoms with Crippen molar-refractivity contribution in [3.8, 4) is 0 Å². The van der Waals surface area contributed by atoms with Gasteiger partial charge in [0.05, 0.1) is 6.10 Å². The molecular formula is C12H20O5. The van der Waals surface area contributed by atoms with Gasteiger partial charge in [-0.3, -0.25) is 9.59 Å². The fourth-order valence-electron chi connectivity index (χ4n) is 2.11. The Morgan fingerprint density at radius 2 is 1.82 bits per heavy atom. The van der Waals surface area contributed by atoms with Crippen LogP contribution in [0.15, 0.2) is 0 Å². The van der Waals surface area contributed by atoms with Crippen LogP contribution in [-0.2, 0) is 23.8 Å². The Morgan fingerprint density at radius 3 is 2.29 bits per heavy atom. The van der Waals surface area contributed by atoms with Crippen LogP contribution in [0.3, 0.4) is 0 Å². The number of carbonyl (C=O) groups excluding carboxylic acids is 2. The molecule has 5 heteroatoms. The van der Waals surface area contributed by atoms with Gasteiger partial charge in [-0.15, -0.1) is 0 Å². The van der Waals surface area contributed by atoms with Crippen LogP contribution >= 0.6 is 0 Å². The number of hydrogen-bond donors (Lipinski definition) is 0. The number of hydrogen-bond acceptors (Lipinski definition) is 5. The number of ether oxygens (including phenoxy) is 3. The summed E-state index contributed by atoms with van der Waals surface area (Å²) in [5.74, 6) is -0.556. The zero-order valence-electron chi connectivity index (χ0n) is 10.8. The molecule has 0 bridgehead atoms. The molecule has 1 fully saturated rings. The fourth-order valence-corrected chi connectivity index (χ4v) is 2.11. The first kappa shape index (κ1) is 14.0. The number of esters is 2. The predicted octanol–water partition coefficient (Wildman–Crippen LogP) is 1.64. The summed E-state index contributed by atoms with van der Waals surface area (Å²) >= 11 is 0. The quantitative estimate of drug-likeness (QED) is 0.706. The SMILES string of the molecule is CC[C@H]1OC(OC(C)=O)CC(C)[C@H]1OC(C)=O. The molecule has 0 aromatic carbocycles. The zero-order chi connectivity index (χ0) is 13.0. The van der Waals surface area contributed by atoms with Crippen LogP contribution in [0.2, 0.25) is 0 Å². The summed E-state index contributed by atoms with van der Waals surface area (Å²) in [6.07, 6.45) is 0.254. The van der Waals surface area contributed by atoms with Crippen molar-refractivity contribution >= 4 is 11.9 Å². The van der Waals surface area contributed by atoms with Crippen molar-refractivity contribution < 1.29 is 23.8 Å². The van der Waals surface area contributed by atoms with Crippen molar-refractivity contribution in [3.05, 3.63) is 0 Å². The van der Waals surface area contributed by atoms with Gasteiger partial charge in [-0.05, 0) is 6.42 Å². The van der Waals surface area contributed by atoms with E-state index in [9.17, 15) is 9.59 Å². The van der Waals surface area contributed by atoms with E-state index in [0.717, 1.165) is 0 Å². The molecule has 4 atom stereocenters. The summed E-state index contributed by atoms with van der Waals surface area (Å²) in [6, 6.07) is 0. The lowest BCUT2D eigenvalue weighted by Crippen LogP contribution is -2.47. The van der Waals surface area contributed by atoms with Gasteiger partial charge in [0.1, 0.15) is 6.10 Å². The lowest BCUT2D eigenvalue weighted by atomic mass is 9.91. The molecule has 1 heterocycles. The van der Waals surface area contributed by atoms with Crippen LogP contribution in [0.4, 0.5) is 0 Å². The maximum absolute atomic E-state index is 11.0. The van der Waals surface area contributed by atoms with Gasteiger partial charge in [0, 0.05) is 26.2 Å². The largest absolute Gasteiger partial charge is 0.460 e. The van der Waals surface area contributed by atoms with Gasteiger partial charge in [-0.2, -0.15) is 0 Å². The van der Waals surface area contributed by atoms with Gasteiger partial charge in [0.2, 0.25) is 6.29 Å². The van der Waals surface area contributed by atoms with Gasteiger partial charge >= 0.3 is 11.9 Å². The molecule has 1 rings (SSSR count). The summed E-state index contributed by atoms with van der Waals surface area (Å²) in [4.78, 5) is 21.9. The molecule has 1 aliphatic heterocycles. The van der Waals surface area contributed by atoms with E-state index in [2.05, 4.69) is 0 Å². The summed E-state index contributed by atoms with van der Waals surface area (Å²) in [5.41, 5.74) is 0. The van der Waals surface area contributed by atoms with Crippen LogP contribution in [0.25, 0.3) is 0 Å². The van der Waals surface area contributed by atoms with Crippen LogP contribution in [0.1, 0.15) is 40.5 Å². The average molecular weight is 244 g/mol. The third-order valence-electron chi connectivity index (χ3n) is 2.82. The second-order valence-corrected chi connectivity index (χ2v) is 4.41.